The summed E-state index contributed by atoms with van der Waals surface area (Å²) in [6.45, 7) is 2.39. The van der Waals surface area contributed by atoms with Crippen LogP contribution in [-0.4, -0.2) is 30.1 Å². The van der Waals surface area contributed by atoms with Crippen LogP contribution in [0.3, 0.4) is 0 Å². The van der Waals surface area contributed by atoms with Crippen molar-refractivity contribution in [2.45, 2.75) is 31.7 Å². The van der Waals surface area contributed by atoms with Crippen LogP contribution < -0.4 is 0 Å². The average Bonchev–Trinajstić information content (AvgIpc) is 3.20. The van der Waals surface area contributed by atoms with E-state index in [1.165, 1.54) is 0 Å². The molecule has 0 saturated carbocycles. The zero-order chi connectivity index (χ0) is 23.7. The summed E-state index contributed by atoms with van der Waals surface area (Å²) in [4.78, 5) is 41.5. The van der Waals surface area contributed by atoms with Crippen molar-refractivity contribution in [1.29, 1.82) is 0 Å². The van der Waals surface area contributed by atoms with Gasteiger partial charge in [0.2, 0.25) is 5.79 Å². The second kappa shape index (κ2) is 9.09. The number of ether oxygens (including phenoxy) is 2. The molecule has 2 bridgehead atoms. The topological polar surface area (TPSA) is 69.7 Å². The van der Waals surface area contributed by atoms with E-state index in [2.05, 4.69) is 0 Å². The van der Waals surface area contributed by atoms with E-state index < -0.39 is 23.7 Å². The molecule has 5 rings (SSSR count). The number of carbonyl (C=O) groups excluding carboxylic acids is 3. The highest BCUT2D eigenvalue weighted by Crippen LogP contribution is 2.55. The van der Waals surface area contributed by atoms with Gasteiger partial charge in [0.25, 0.3) is 0 Å². The van der Waals surface area contributed by atoms with Crippen molar-refractivity contribution in [1.82, 2.24) is 0 Å². The summed E-state index contributed by atoms with van der Waals surface area (Å²) in [7, 11) is 0. The monoisotopic (exact) mass is 454 g/mol. The number of benzene rings is 3. The Morgan fingerprint density at radius 3 is 2.09 bits per heavy atom. The molecule has 0 unspecified atom stereocenters. The molecule has 0 spiro atoms. The zero-order valence-corrected chi connectivity index (χ0v) is 19.0. The van der Waals surface area contributed by atoms with Crippen LogP contribution in [0.1, 0.15) is 56.4 Å². The van der Waals surface area contributed by atoms with Crippen LogP contribution in [0, 0.1) is 11.8 Å². The summed E-state index contributed by atoms with van der Waals surface area (Å²) in [5.74, 6) is -4.36. The lowest BCUT2D eigenvalue weighted by molar-refractivity contribution is -0.245. The van der Waals surface area contributed by atoms with Crippen molar-refractivity contribution in [3.8, 4) is 0 Å². The normalized spacial score (nSPS) is 25.1. The van der Waals surface area contributed by atoms with Crippen molar-refractivity contribution in [2.75, 3.05) is 6.61 Å². The van der Waals surface area contributed by atoms with Gasteiger partial charge in [-0.05, 0) is 6.42 Å². The van der Waals surface area contributed by atoms with Crippen LogP contribution >= 0.6 is 0 Å². The van der Waals surface area contributed by atoms with Gasteiger partial charge in [-0.1, -0.05) is 98.3 Å². The van der Waals surface area contributed by atoms with Gasteiger partial charge >= 0.3 is 0 Å². The van der Waals surface area contributed by atoms with Crippen LogP contribution in [0.5, 0.6) is 0 Å². The molecule has 34 heavy (non-hydrogen) atoms. The van der Waals surface area contributed by atoms with E-state index in [1.807, 2.05) is 19.1 Å². The molecule has 0 N–H and O–H groups in total. The molecule has 5 nitrogen and oxygen atoms in total. The molecule has 1 fully saturated rings. The van der Waals surface area contributed by atoms with Gasteiger partial charge in [0.05, 0.1) is 18.4 Å². The molecule has 0 aliphatic carbocycles. The van der Waals surface area contributed by atoms with Gasteiger partial charge in [-0.15, -0.1) is 0 Å². The third-order valence-electron chi connectivity index (χ3n) is 6.74. The summed E-state index contributed by atoms with van der Waals surface area (Å²) in [6.07, 6.45) is 0.557. The average molecular weight is 455 g/mol. The van der Waals surface area contributed by atoms with E-state index in [1.54, 1.807) is 72.8 Å². The molecule has 4 atom stereocenters. The molecule has 1 saturated heterocycles. The highest BCUT2D eigenvalue weighted by molar-refractivity contribution is 6.12. The summed E-state index contributed by atoms with van der Waals surface area (Å²) in [5.41, 5.74) is 1.86. The van der Waals surface area contributed by atoms with Crippen molar-refractivity contribution < 1.29 is 23.9 Å². The maximum atomic E-state index is 14.1. The lowest BCUT2D eigenvalue weighted by Crippen LogP contribution is -2.44. The molecule has 0 aromatic heterocycles. The highest BCUT2D eigenvalue weighted by atomic mass is 16.7. The first kappa shape index (κ1) is 22.4. The van der Waals surface area contributed by atoms with Gasteiger partial charge in [-0.3, -0.25) is 14.4 Å². The second-order valence-electron chi connectivity index (χ2n) is 8.78. The Balaban J connectivity index is 1.71. The molecular weight excluding hydrogens is 428 g/mol. The molecule has 3 aromatic carbocycles. The largest absolute Gasteiger partial charge is 0.345 e. The van der Waals surface area contributed by atoms with Crippen molar-refractivity contribution in [3.05, 3.63) is 107 Å². The fourth-order valence-corrected chi connectivity index (χ4v) is 5.12. The molecule has 2 aliphatic rings. The maximum Gasteiger partial charge on any atom is 0.207 e. The van der Waals surface area contributed by atoms with E-state index in [0.29, 0.717) is 28.9 Å². The van der Waals surface area contributed by atoms with E-state index in [-0.39, 0.29) is 17.3 Å². The number of hydrogen-bond acceptors (Lipinski definition) is 5. The predicted octanol–water partition coefficient (Wildman–Crippen LogP) is 5.25. The number of carbonyl (C=O) groups is 3. The number of fused-ring (bicyclic) bond motifs is 4. The standard InChI is InChI=1S/C29H26O5/c1-2-3-18-33-29-22-17-11-10-16-21(22)27(32)28(34-29)23(25(30)19-12-6-4-7-13-19)24(29)26(31)20-14-8-5-9-15-20/h4-17,23-24,28H,2-3,18H2,1H3/t23-,24+,28+,29+/m1/s1. The molecule has 3 aromatic rings. The highest BCUT2D eigenvalue weighted by Gasteiger charge is 2.67. The van der Waals surface area contributed by atoms with Crippen LogP contribution in [0.25, 0.3) is 0 Å². The van der Waals surface area contributed by atoms with Crippen LogP contribution in [0.4, 0.5) is 0 Å². The molecule has 0 amide bonds. The minimum Gasteiger partial charge on any atom is -0.345 e. The van der Waals surface area contributed by atoms with Gasteiger partial charge in [-0.2, -0.15) is 0 Å². The van der Waals surface area contributed by atoms with Crippen molar-refractivity contribution in [3.63, 3.8) is 0 Å². The fraction of sp³-hybridized carbons (Fsp3) is 0.276. The first-order valence-electron chi connectivity index (χ1n) is 11.7. The lowest BCUT2D eigenvalue weighted by atomic mass is 9.75. The molecular formula is C29H26O5. The Morgan fingerprint density at radius 2 is 1.44 bits per heavy atom. The Hall–Kier alpha value is -3.41. The van der Waals surface area contributed by atoms with Crippen LogP contribution in [0.15, 0.2) is 84.9 Å². The van der Waals surface area contributed by atoms with Crippen LogP contribution in [-0.2, 0) is 15.3 Å². The second-order valence-corrected chi connectivity index (χ2v) is 8.78. The number of rotatable bonds is 8. The number of unbranched alkanes of at least 4 members (excludes halogenated alkanes) is 1. The lowest BCUT2D eigenvalue weighted by Gasteiger charge is -2.37. The van der Waals surface area contributed by atoms with E-state index in [0.717, 1.165) is 12.8 Å². The summed E-state index contributed by atoms with van der Waals surface area (Å²) in [6, 6.07) is 24.7. The third-order valence-corrected chi connectivity index (χ3v) is 6.74. The summed E-state index contributed by atoms with van der Waals surface area (Å²) >= 11 is 0. The number of ketones is 3. The summed E-state index contributed by atoms with van der Waals surface area (Å²) in [5, 5.41) is 0. The smallest absolute Gasteiger partial charge is 0.207 e. The van der Waals surface area contributed by atoms with Crippen molar-refractivity contribution in [2.24, 2.45) is 11.8 Å². The predicted molar refractivity (Wildman–Crippen MR) is 127 cm³/mol. The molecule has 0 radical (unpaired) electrons. The maximum absolute atomic E-state index is 14.1. The zero-order valence-electron chi connectivity index (χ0n) is 19.0. The van der Waals surface area contributed by atoms with Gasteiger partial charge < -0.3 is 9.47 Å². The van der Waals surface area contributed by atoms with Crippen LogP contribution in [0.2, 0.25) is 0 Å². The summed E-state index contributed by atoms with van der Waals surface area (Å²) < 4.78 is 12.8. The Morgan fingerprint density at radius 1 is 0.853 bits per heavy atom. The van der Waals surface area contributed by atoms with E-state index in [9.17, 15) is 14.4 Å². The van der Waals surface area contributed by atoms with E-state index in [4.69, 9.17) is 9.47 Å². The molecule has 2 aliphatic heterocycles. The third kappa shape index (κ3) is 3.52. The minimum absolute atomic E-state index is 0.265. The first-order valence-corrected chi connectivity index (χ1v) is 11.7. The number of Topliss-reactive ketones (excluding diaryl/α,β-unsaturated/α-hetero) is 3. The SMILES string of the molecule is CCCCO[C@]12O[C@H](C(=O)c3ccccc31)[C@@H](C(=O)c1ccccc1)[C@H]2C(=O)c1ccccc1. The van der Waals surface area contributed by atoms with Gasteiger partial charge in [0.1, 0.15) is 6.10 Å². The Kier molecular flexibility index (Phi) is 5.98. The quantitative estimate of drug-likeness (QED) is 0.343. The van der Waals surface area contributed by atoms with Crippen molar-refractivity contribution >= 4 is 17.3 Å². The molecule has 2 heterocycles. The fourth-order valence-electron chi connectivity index (χ4n) is 5.12. The van der Waals surface area contributed by atoms with Gasteiger partial charge in [0.15, 0.2) is 17.3 Å². The van der Waals surface area contributed by atoms with E-state index >= 15 is 0 Å². The Labute approximate surface area is 198 Å². The Bertz CT molecular complexity index is 1220. The molecule has 5 heteroatoms. The van der Waals surface area contributed by atoms with Gasteiger partial charge in [0, 0.05) is 22.3 Å². The molecule has 172 valence electrons. The minimum atomic E-state index is -1.51. The number of hydrogen-bond donors (Lipinski definition) is 0. The first-order chi connectivity index (χ1) is 16.6. The van der Waals surface area contributed by atoms with Gasteiger partial charge in [-0.25, -0.2) is 0 Å².